The molecule has 0 aromatic rings. The van der Waals surface area contributed by atoms with Crippen LogP contribution in [0.1, 0.15) is 34.1 Å². The maximum Gasteiger partial charge on any atom is 1.00 e. The van der Waals surface area contributed by atoms with Crippen LogP contribution in [0.2, 0.25) is 0 Å². The summed E-state index contributed by atoms with van der Waals surface area (Å²) in [6.07, 6.45) is 1.68. The average Bonchev–Trinajstić information content (AvgIpc) is 2.15. The van der Waals surface area contributed by atoms with E-state index in [1.807, 2.05) is 13.8 Å². The van der Waals surface area contributed by atoms with E-state index in [1.54, 1.807) is 13.8 Å². The number of allylic oxidation sites excluding steroid dienone is 1. The van der Waals surface area contributed by atoms with E-state index in [9.17, 15) is 14.7 Å². The Kier molecular flexibility index (Phi) is 11.5. The van der Waals surface area contributed by atoms with Crippen LogP contribution in [0.3, 0.4) is 0 Å². The van der Waals surface area contributed by atoms with Crippen LogP contribution >= 0.6 is 0 Å². The molecule has 0 aromatic carbocycles. The molecule has 0 rings (SSSR count). The number of carboxylic acid groups (broad SMARTS) is 1. The SMILES string of the molecule is CCOC(=O)C=C(C)N[C@@H](CC(C)C)C(=O)[O-].[Na+]. The van der Waals surface area contributed by atoms with Crippen LogP contribution in [0.25, 0.3) is 0 Å². The van der Waals surface area contributed by atoms with Gasteiger partial charge in [0.25, 0.3) is 0 Å². The number of esters is 1. The average molecular weight is 265 g/mol. The van der Waals surface area contributed by atoms with Crippen molar-refractivity contribution in [1.29, 1.82) is 0 Å². The minimum atomic E-state index is -1.17. The van der Waals surface area contributed by atoms with Crippen molar-refractivity contribution >= 4 is 11.9 Å². The van der Waals surface area contributed by atoms with Gasteiger partial charge in [-0.3, -0.25) is 0 Å². The molecule has 6 heteroatoms. The van der Waals surface area contributed by atoms with Gasteiger partial charge in [0.2, 0.25) is 0 Å². The van der Waals surface area contributed by atoms with Gasteiger partial charge in [-0.25, -0.2) is 4.79 Å². The van der Waals surface area contributed by atoms with Crippen molar-refractivity contribution in [2.24, 2.45) is 5.92 Å². The molecule has 0 aliphatic heterocycles. The van der Waals surface area contributed by atoms with Gasteiger partial charge in [0, 0.05) is 11.8 Å². The van der Waals surface area contributed by atoms with Gasteiger partial charge in [-0.2, -0.15) is 0 Å². The number of carbonyl (C=O) groups is 2. The molecule has 0 spiro atoms. The van der Waals surface area contributed by atoms with Crippen molar-refractivity contribution in [3.63, 3.8) is 0 Å². The van der Waals surface area contributed by atoms with Crippen LogP contribution < -0.4 is 40.0 Å². The number of ether oxygens (including phenoxy) is 1. The molecule has 0 bridgehead atoms. The molecular formula is C12H20NNaO4. The molecule has 0 aliphatic carbocycles. The molecule has 1 N–H and O–H groups in total. The zero-order chi connectivity index (χ0) is 13.4. The molecule has 0 heterocycles. The first kappa shape index (κ1) is 19.8. The summed E-state index contributed by atoms with van der Waals surface area (Å²) in [4.78, 5) is 22.0. The van der Waals surface area contributed by atoms with Crippen LogP contribution in [-0.4, -0.2) is 24.6 Å². The number of aliphatic carboxylic acids is 1. The maximum atomic E-state index is 11.1. The van der Waals surface area contributed by atoms with Crippen LogP contribution in [0.4, 0.5) is 0 Å². The van der Waals surface area contributed by atoms with E-state index in [0.717, 1.165) is 0 Å². The third-order valence-corrected chi connectivity index (χ3v) is 2.01. The Bertz CT molecular complexity index is 302. The molecule has 0 aromatic heterocycles. The molecule has 18 heavy (non-hydrogen) atoms. The summed E-state index contributed by atoms with van der Waals surface area (Å²) in [7, 11) is 0. The van der Waals surface area contributed by atoms with Crippen LogP contribution in [0.5, 0.6) is 0 Å². The minimum absolute atomic E-state index is 0. The topological polar surface area (TPSA) is 78.5 Å². The first-order chi connectivity index (χ1) is 7.86. The molecular weight excluding hydrogens is 245 g/mol. The standard InChI is InChI=1S/C12H21NO4.Na/c1-5-17-11(14)7-9(4)13-10(12(15)16)6-8(2)3;/h7-8,10,13H,5-6H2,1-4H3,(H,15,16);/q;+1/p-1/t10-;/m0./s1. The van der Waals surface area contributed by atoms with Gasteiger partial charge in [-0.15, -0.1) is 0 Å². The zero-order valence-electron chi connectivity index (χ0n) is 11.8. The molecule has 0 radical (unpaired) electrons. The van der Waals surface area contributed by atoms with Crippen LogP contribution in [-0.2, 0) is 14.3 Å². The second-order valence-corrected chi connectivity index (χ2v) is 4.22. The Hall–Kier alpha value is -0.520. The van der Waals surface area contributed by atoms with E-state index >= 15 is 0 Å². The monoisotopic (exact) mass is 265 g/mol. The molecule has 0 saturated carbocycles. The number of carboxylic acids is 1. The Balaban J connectivity index is 0. The summed E-state index contributed by atoms with van der Waals surface area (Å²) in [5.41, 5.74) is 0.457. The predicted octanol–water partition coefficient (Wildman–Crippen LogP) is -2.79. The zero-order valence-corrected chi connectivity index (χ0v) is 13.8. The van der Waals surface area contributed by atoms with Gasteiger partial charge < -0.3 is 20.0 Å². The summed E-state index contributed by atoms with van der Waals surface area (Å²) in [5, 5.41) is 13.6. The maximum absolute atomic E-state index is 11.1. The Morgan fingerprint density at radius 2 is 1.94 bits per heavy atom. The minimum Gasteiger partial charge on any atom is -0.548 e. The van der Waals surface area contributed by atoms with E-state index in [0.29, 0.717) is 18.7 Å². The van der Waals surface area contributed by atoms with Gasteiger partial charge in [-0.1, -0.05) is 13.8 Å². The summed E-state index contributed by atoms with van der Waals surface area (Å²) >= 11 is 0. The fraction of sp³-hybridized carbons (Fsp3) is 0.667. The molecule has 0 fully saturated rings. The third kappa shape index (κ3) is 9.50. The van der Waals surface area contributed by atoms with Crippen molar-refractivity contribution in [1.82, 2.24) is 5.32 Å². The number of carbonyl (C=O) groups excluding carboxylic acids is 2. The molecule has 1 atom stereocenters. The molecule has 0 aliphatic rings. The van der Waals surface area contributed by atoms with Gasteiger partial charge in [0.1, 0.15) is 0 Å². The Labute approximate surface area is 130 Å². The third-order valence-electron chi connectivity index (χ3n) is 2.01. The quantitative estimate of drug-likeness (QED) is 0.306. The van der Waals surface area contributed by atoms with E-state index in [-0.39, 0.29) is 35.5 Å². The van der Waals surface area contributed by atoms with Gasteiger partial charge in [0.15, 0.2) is 0 Å². The van der Waals surface area contributed by atoms with Crippen LogP contribution in [0, 0.1) is 5.92 Å². The molecule has 0 unspecified atom stereocenters. The van der Waals surface area contributed by atoms with E-state index in [2.05, 4.69) is 5.32 Å². The number of hydrogen-bond acceptors (Lipinski definition) is 5. The normalized spacial score (nSPS) is 12.6. The van der Waals surface area contributed by atoms with Crippen molar-refractivity contribution in [2.45, 2.75) is 40.2 Å². The Morgan fingerprint density at radius 3 is 2.33 bits per heavy atom. The van der Waals surface area contributed by atoms with E-state index < -0.39 is 18.0 Å². The van der Waals surface area contributed by atoms with Crippen molar-refractivity contribution in [2.75, 3.05) is 6.61 Å². The van der Waals surface area contributed by atoms with Crippen molar-refractivity contribution < 1.29 is 49.0 Å². The largest absolute Gasteiger partial charge is 1.00 e. The predicted molar refractivity (Wildman–Crippen MR) is 61.8 cm³/mol. The number of hydrogen-bond donors (Lipinski definition) is 1. The Morgan fingerprint density at radius 1 is 1.39 bits per heavy atom. The van der Waals surface area contributed by atoms with Crippen molar-refractivity contribution in [3.8, 4) is 0 Å². The van der Waals surface area contributed by atoms with Gasteiger partial charge in [-0.05, 0) is 26.2 Å². The molecule has 98 valence electrons. The fourth-order valence-corrected chi connectivity index (χ4v) is 1.36. The summed E-state index contributed by atoms with van der Waals surface area (Å²) < 4.78 is 4.72. The smallest absolute Gasteiger partial charge is 0.548 e. The van der Waals surface area contributed by atoms with Crippen LogP contribution in [0.15, 0.2) is 11.8 Å². The second-order valence-electron chi connectivity index (χ2n) is 4.22. The molecule has 0 saturated heterocycles. The van der Waals surface area contributed by atoms with E-state index in [4.69, 9.17) is 4.74 Å². The fourth-order valence-electron chi connectivity index (χ4n) is 1.36. The van der Waals surface area contributed by atoms with E-state index in [1.165, 1.54) is 6.08 Å². The second kappa shape index (κ2) is 10.4. The summed E-state index contributed by atoms with van der Waals surface area (Å²) in [6, 6.07) is -0.791. The van der Waals surface area contributed by atoms with Gasteiger partial charge in [0.05, 0.1) is 18.6 Å². The summed E-state index contributed by atoms with van der Waals surface area (Å²) in [5.74, 6) is -1.43. The van der Waals surface area contributed by atoms with Crippen molar-refractivity contribution in [3.05, 3.63) is 11.8 Å². The first-order valence-electron chi connectivity index (χ1n) is 5.69. The van der Waals surface area contributed by atoms with Gasteiger partial charge >= 0.3 is 35.5 Å². The number of rotatable bonds is 7. The number of nitrogens with one attached hydrogen (secondary N) is 1. The first-order valence-corrected chi connectivity index (χ1v) is 5.69. The summed E-state index contributed by atoms with van der Waals surface area (Å²) in [6.45, 7) is 7.45. The molecule has 0 amide bonds. The molecule has 5 nitrogen and oxygen atoms in total.